The zero-order valence-corrected chi connectivity index (χ0v) is 13.0. The summed E-state index contributed by atoms with van der Waals surface area (Å²) in [5, 5.41) is 2.77. The van der Waals surface area contributed by atoms with Crippen molar-refractivity contribution >= 4 is 11.9 Å². The summed E-state index contributed by atoms with van der Waals surface area (Å²) in [5.74, 6) is -0.558. The van der Waals surface area contributed by atoms with Crippen molar-refractivity contribution in [2.24, 2.45) is 0 Å². The van der Waals surface area contributed by atoms with Crippen molar-refractivity contribution < 1.29 is 18.7 Å². The van der Waals surface area contributed by atoms with Gasteiger partial charge in [0.1, 0.15) is 5.82 Å². The molecule has 0 fully saturated rings. The molecule has 0 aromatic heterocycles. The van der Waals surface area contributed by atoms with Crippen LogP contribution in [0.25, 0.3) is 0 Å². The van der Waals surface area contributed by atoms with E-state index in [0.717, 1.165) is 0 Å². The maximum Gasteiger partial charge on any atom is 0.322 e. The van der Waals surface area contributed by atoms with Crippen molar-refractivity contribution in [1.82, 2.24) is 15.1 Å². The van der Waals surface area contributed by atoms with E-state index >= 15 is 0 Å². The quantitative estimate of drug-likeness (QED) is 0.909. The van der Waals surface area contributed by atoms with Crippen molar-refractivity contribution in [2.45, 2.75) is 6.04 Å². The number of nitrogens with one attached hydrogen (secondary N) is 1. The zero-order chi connectivity index (χ0) is 16.6. The van der Waals surface area contributed by atoms with Crippen LogP contribution in [-0.4, -0.2) is 55.6 Å². The van der Waals surface area contributed by atoms with Gasteiger partial charge in [-0.05, 0) is 17.7 Å². The minimum atomic E-state index is -0.635. The third-order valence-corrected chi connectivity index (χ3v) is 4.18. The predicted molar refractivity (Wildman–Crippen MR) is 80.9 cm³/mol. The molecule has 0 saturated carbocycles. The lowest BCUT2D eigenvalue weighted by molar-refractivity contribution is -0.126. The first-order valence-electron chi connectivity index (χ1n) is 7.34. The lowest BCUT2D eigenvalue weighted by Crippen LogP contribution is -2.45. The molecule has 3 rings (SSSR count). The highest BCUT2D eigenvalue weighted by atomic mass is 19.1. The van der Waals surface area contributed by atoms with Gasteiger partial charge in [0, 0.05) is 20.7 Å². The van der Waals surface area contributed by atoms with Crippen LogP contribution < -0.4 is 5.32 Å². The van der Waals surface area contributed by atoms with Gasteiger partial charge in [-0.2, -0.15) is 0 Å². The Morgan fingerprint density at radius 3 is 2.87 bits per heavy atom. The number of methoxy groups -OCH3 is 1. The first kappa shape index (κ1) is 15.5. The number of amides is 3. The van der Waals surface area contributed by atoms with Crippen LogP contribution in [0.15, 0.2) is 35.5 Å². The zero-order valence-electron chi connectivity index (χ0n) is 13.0. The van der Waals surface area contributed by atoms with Gasteiger partial charge in [0.2, 0.25) is 0 Å². The Bertz CT molecular complexity index is 689. The van der Waals surface area contributed by atoms with Gasteiger partial charge in [-0.1, -0.05) is 12.1 Å². The van der Waals surface area contributed by atoms with Crippen LogP contribution in [0.5, 0.6) is 0 Å². The van der Waals surface area contributed by atoms with Crippen LogP contribution in [0.2, 0.25) is 0 Å². The van der Waals surface area contributed by atoms with E-state index in [9.17, 15) is 14.0 Å². The van der Waals surface area contributed by atoms with E-state index in [2.05, 4.69) is 5.32 Å². The van der Waals surface area contributed by atoms with Crippen LogP contribution >= 0.6 is 0 Å². The Hall–Kier alpha value is -2.41. The van der Waals surface area contributed by atoms with Crippen LogP contribution in [0.3, 0.4) is 0 Å². The second kappa shape index (κ2) is 6.00. The van der Waals surface area contributed by atoms with E-state index in [0.29, 0.717) is 36.5 Å². The SMILES string of the molecule is COCCN1CC2=C(C1=O)[C@@H](c1cccc(F)c1)NC(=O)N2C. The predicted octanol–water partition coefficient (Wildman–Crippen LogP) is 1.26. The summed E-state index contributed by atoms with van der Waals surface area (Å²) in [6.45, 7) is 1.22. The first-order valence-corrected chi connectivity index (χ1v) is 7.34. The van der Waals surface area contributed by atoms with E-state index in [4.69, 9.17) is 4.74 Å². The van der Waals surface area contributed by atoms with Crippen LogP contribution in [-0.2, 0) is 9.53 Å². The molecule has 1 N–H and O–H groups in total. The molecule has 2 aliphatic heterocycles. The minimum Gasteiger partial charge on any atom is -0.383 e. The highest BCUT2D eigenvalue weighted by Crippen LogP contribution is 2.35. The highest BCUT2D eigenvalue weighted by molar-refractivity contribution is 6.01. The summed E-state index contributed by atoms with van der Waals surface area (Å²) < 4.78 is 18.6. The molecule has 0 unspecified atom stereocenters. The van der Waals surface area contributed by atoms with E-state index in [1.165, 1.54) is 17.0 Å². The molecule has 6 nitrogen and oxygen atoms in total. The molecular formula is C16H18FN3O3. The number of ether oxygens (including phenoxy) is 1. The molecule has 0 aliphatic carbocycles. The van der Waals surface area contributed by atoms with Gasteiger partial charge in [-0.15, -0.1) is 0 Å². The Morgan fingerprint density at radius 2 is 2.17 bits per heavy atom. The second-order valence-electron chi connectivity index (χ2n) is 5.58. The highest BCUT2D eigenvalue weighted by Gasteiger charge is 2.42. The fraction of sp³-hybridized carbons (Fsp3) is 0.375. The van der Waals surface area contributed by atoms with Gasteiger partial charge in [-0.3, -0.25) is 9.69 Å². The summed E-state index contributed by atoms with van der Waals surface area (Å²) in [7, 11) is 3.19. The lowest BCUT2D eigenvalue weighted by Gasteiger charge is -2.31. The number of benzene rings is 1. The number of likely N-dealkylation sites (N-methyl/N-ethyl adjacent to an activating group) is 1. The molecule has 1 aromatic carbocycles. The van der Waals surface area contributed by atoms with Gasteiger partial charge in [0.05, 0.1) is 30.5 Å². The average Bonchev–Trinajstić information content (AvgIpc) is 2.86. The van der Waals surface area contributed by atoms with Crippen LogP contribution in [0.1, 0.15) is 11.6 Å². The topological polar surface area (TPSA) is 61.9 Å². The van der Waals surface area contributed by atoms with Crippen LogP contribution in [0.4, 0.5) is 9.18 Å². The molecule has 0 radical (unpaired) electrons. The molecule has 1 aromatic rings. The molecule has 0 saturated heterocycles. The minimum absolute atomic E-state index is 0.154. The molecule has 2 heterocycles. The van der Waals surface area contributed by atoms with Crippen molar-refractivity contribution in [3.05, 3.63) is 46.9 Å². The monoisotopic (exact) mass is 319 g/mol. The fourth-order valence-electron chi connectivity index (χ4n) is 2.94. The smallest absolute Gasteiger partial charge is 0.322 e. The van der Waals surface area contributed by atoms with Crippen molar-refractivity contribution in [2.75, 3.05) is 33.9 Å². The number of carbonyl (C=O) groups is 2. The number of urea groups is 1. The molecule has 0 spiro atoms. The third kappa shape index (κ3) is 2.68. The van der Waals surface area contributed by atoms with E-state index in [1.54, 1.807) is 31.2 Å². The van der Waals surface area contributed by atoms with E-state index < -0.39 is 11.9 Å². The number of halogens is 1. The normalized spacial score (nSPS) is 20.9. The molecule has 3 amide bonds. The maximum absolute atomic E-state index is 13.5. The molecule has 2 aliphatic rings. The summed E-state index contributed by atoms with van der Waals surface area (Å²) in [6, 6.07) is 5.00. The second-order valence-corrected chi connectivity index (χ2v) is 5.58. The first-order chi connectivity index (χ1) is 11.0. The number of carbonyl (C=O) groups excluding carboxylic acids is 2. The van der Waals surface area contributed by atoms with Crippen LogP contribution in [0, 0.1) is 5.82 Å². The summed E-state index contributed by atoms with van der Waals surface area (Å²) >= 11 is 0. The molecule has 23 heavy (non-hydrogen) atoms. The van der Waals surface area contributed by atoms with Gasteiger partial charge >= 0.3 is 6.03 Å². The van der Waals surface area contributed by atoms with E-state index in [-0.39, 0.29) is 11.9 Å². The molecule has 122 valence electrons. The lowest BCUT2D eigenvalue weighted by atomic mass is 9.96. The Kier molecular flexibility index (Phi) is 4.04. The van der Waals surface area contributed by atoms with Gasteiger partial charge in [0.25, 0.3) is 5.91 Å². The fourth-order valence-corrected chi connectivity index (χ4v) is 2.94. The van der Waals surface area contributed by atoms with Crippen molar-refractivity contribution in [3.8, 4) is 0 Å². The standard InChI is InChI=1S/C16H18FN3O3/c1-19-12-9-20(6-7-23-2)15(21)13(12)14(18-16(19)22)10-4-3-5-11(17)8-10/h3-5,8,14H,6-7,9H2,1-2H3,(H,18,22)/t14-/m1/s1. The number of rotatable bonds is 4. The largest absolute Gasteiger partial charge is 0.383 e. The molecular weight excluding hydrogens is 301 g/mol. The number of hydrogen-bond acceptors (Lipinski definition) is 3. The molecule has 0 bridgehead atoms. The third-order valence-electron chi connectivity index (χ3n) is 4.18. The maximum atomic E-state index is 13.5. The number of hydrogen-bond donors (Lipinski definition) is 1. The summed E-state index contributed by atoms with van der Waals surface area (Å²) in [4.78, 5) is 27.9. The Morgan fingerprint density at radius 1 is 1.39 bits per heavy atom. The molecule has 7 heteroatoms. The van der Waals surface area contributed by atoms with E-state index in [1.807, 2.05) is 0 Å². The van der Waals surface area contributed by atoms with Crippen molar-refractivity contribution in [3.63, 3.8) is 0 Å². The van der Waals surface area contributed by atoms with Crippen molar-refractivity contribution in [1.29, 1.82) is 0 Å². The average molecular weight is 319 g/mol. The number of nitrogens with zero attached hydrogens (tertiary/aromatic N) is 2. The Balaban J connectivity index is 1.98. The van der Waals surface area contributed by atoms with Gasteiger partial charge in [-0.25, -0.2) is 9.18 Å². The molecule has 1 atom stereocenters. The van der Waals surface area contributed by atoms with Gasteiger partial charge < -0.3 is 15.0 Å². The Labute approximate surface area is 133 Å². The summed E-state index contributed by atoms with van der Waals surface area (Å²) in [5.41, 5.74) is 1.71. The van der Waals surface area contributed by atoms with Gasteiger partial charge in [0.15, 0.2) is 0 Å². The summed E-state index contributed by atoms with van der Waals surface area (Å²) in [6.07, 6.45) is 0.